The van der Waals surface area contributed by atoms with Crippen molar-refractivity contribution in [3.63, 3.8) is 0 Å². The van der Waals surface area contributed by atoms with Gasteiger partial charge in [0.1, 0.15) is 0 Å². The predicted octanol–water partition coefficient (Wildman–Crippen LogP) is 2.66. The molecule has 0 bridgehead atoms. The normalized spacial score (nSPS) is 13.2. The third-order valence-electron chi connectivity index (χ3n) is 2.24. The van der Waals surface area contributed by atoms with E-state index in [0.29, 0.717) is 0 Å². The minimum absolute atomic E-state index is 0.146. The first-order valence-corrected chi connectivity index (χ1v) is 7.04. The minimum atomic E-state index is -0.497. The standard InChI is InChI=1S/C12H16BrNO2S/c1-8(2)11(15)6-14-12(16)4-3-10-5-9(13)7-17-10/h3-5,7-8,11,15H,6H2,1-2H3,(H,14,16)/b4-3+. The van der Waals surface area contributed by atoms with Crippen LogP contribution in [0, 0.1) is 5.92 Å². The summed E-state index contributed by atoms with van der Waals surface area (Å²) >= 11 is 4.91. The zero-order valence-corrected chi connectivity index (χ0v) is 12.2. The van der Waals surface area contributed by atoms with Gasteiger partial charge in [0.2, 0.25) is 5.91 Å². The number of amides is 1. The van der Waals surface area contributed by atoms with Crippen molar-refractivity contribution in [2.45, 2.75) is 20.0 Å². The highest BCUT2D eigenvalue weighted by atomic mass is 79.9. The van der Waals surface area contributed by atoms with Crippen LogP contribution in [-0.2, 0) is 4.79 Å². The number of aliphatic hydroxyl groups excluding tert-OH is 1. The second-order valence-electron chi connectivity index (χ2n) is 4.06. The van der Waals surface area contributed by atoms with Gasteiger partial charge in [0, 0.05) is 27.4 Å². The summed E-state index contributed by atoms with van der Waals surface area (Å²) < 4.78 is 1.01. The summed E-state index contributed by atoms with van der Waals surface area (Å²) in [6.07, 6.45) is 2.74. The highest BCUT2D eigenvalue weighted by Gasteiger charge is 2.09. The zero-order chi connectivity index (χ0) is 12.8. The van der Waals surface area contributed by atoms with Crippen LogP contribution in [0.5, 0.6) is 0 Å². The van der Waals surface area contributed by atoms with Crippen molar-refractivity contribution in [1.29, 1.82) is 0 Å². The fraction of sp³-hybridized carbons (Fsp3) is 0.417. The lowest BCUT2D eigenvalue weighted by Crippen LogP contribution is -2.33. The number of hydrogen-bond donors (Lipinski definition) is 2. The van der Waals surface area contributed by atoms with Gasteiger partial charge in [-0.1, -0.05) is 13.8 Å². The molecule has 0 spiro atoms. The van der Waals surface area contributed by atoms with E-state index in [4.69, 9.17) is 0 Å². The van der Waals surface area contributed by atoms with Gasteiger partial charge in [-0.2, -0.15) is 0 Å². The van der Waals surface area contributed by atoms with Crippen LogP contribution in [0.3, 0.4) is 0 Å². The van der Waals surface area contributed by atoms with Gasteiger partial charge in [-0.15, -0.1) is 11.3 Å². The van der Waals surface area contributed by atoms with E-state index in [9.17, 15) is 9.90 Å². The third kappa shape index (κ3) is 5.48. The Balaban J connectivity index is 2.37. The van der Waals surface area contributed by atoms with Crippen LogP contribution in [0.4, 0.5) is 0 Å². The van der Waals surface area contributed by atoms with E-state index in [-0.39, 0.29) is 18.4 Å². The summed E-state index contributed by atoms with van der Waals surface area (Å²) in [5.41, 5.74) is 0. The van der Waals surface area contributed by atoms with Crippen LogP contribution in [0.25, 0.3) is 6.08 Å². The average molecular weight is 318 g/mol. The molecule has 0 aliphatic heterocycles. The fourth-order valence-electron chi connectivity index (χ4n) is 1.07. The topological polar surface area (TPSA) is 49.3 Å². The molecule has 0 aromatic carbocycles. The van der Waals surface area contributed by atoms with Crippen LogP contribution < -0.4 is 5.32 Å². The summed E-state index contributed by atoms with van der Waals surface area (Å²) in [4.78, 5) is 12.4. The van der Waals surface area contributed by atoms with Crippen molar-refractivity contribution < 1.29 is 9.90 Å². The van der Waals surface area contributed by atoms with E-state index in [1.54, 1.807) is 17.4 Å². The Kier molecular flexibility index (Phi) is 5.88. The SMILES string of the molecule is CC(C)C(O)CNC(=O)/C=C/c1cc(Br)cs1. The number of aliphatic hydroxyl groups is 1. The van der Waals surface area contributed by atoms with E-state index < -0.39 is 6.10 Å². The molecule has 0 radical (unpaired) electrons. The van der Waals surface area contributed by atoms with Gasteiger partial charge in [0.05, 0.1) is 6.10 Å². The lowest BCUT2D eigenvalue weighted by Gasteiger charge is -2.13. The largest absolute Gasteiger partial charge is 0.391 e. The predicted molar refractivity (Wildman–Crippen MR) is 74.9 cm³/mol. The van der Waals surface area contributed by atoms with Gasteiger partial charge in [-0.3, -0.25) is 4.79 Å². The van der Waals surface area contributed by atoms with Crippen molar-refractivity contribution in [1.82, 2.24) is 5.32 Å². The Hall–Kier alpha value is -0.650. The number of halogens is 1. The summed E-state index contributed by atoms with van der Waals surface area (Å²) in [6.45, 7) is 4.11. The molecule has 94 valence electrons. The number of carbonyl (C=O) groups is 1. The maximum Gasteiger partial charge on any atom is 0.244 e. The first-order chi connectivity index (χ1) is 7.99. The van der Waals surface area contributed by atoms with Crippen LogP contribution >= 0.6 is 27.3 Å². The van der Waals surface area contributed by atoms with Crippen LogP contribution in [0.1, 0.15) is 18.7 Å². The number of rotatable bonds is 5. The van der Waals surface area contributed by atoms with Crippen molar-refractivity contribution in [3.8, 4) is 0 Å². The van der Waals surface area contributed by atoms with Crippen LogP contribution in [-0.4, -0.2) is 23.7 Å². The molecule has 0 aliphatic carbocycles. The molecule has 1 aromatic heterocycles. The molecular formula is C12H16BrNO2S. The Morgan fingerprint density at radius 1 is 1.65 bits per heavy atom. The second kappa shape index (κ2) is 6.93. The van der Waals surface area contributed by atoms with Crippen molar-refractivity contribution in [2.24, 2.45) is 5.92 Å². The lowest BCUT2D eigenvalue weighted by molar-refractivity contribution is -0.117. The fourth-order valence-corrected chi connectivity index (χ4v) is 2.41. The molecule has 1 amide bonds. The quantitative estimate of drug-likeness (QED) is 0.820. The van der Waals surface area contributed by atoms with Crippen LogP contribution in [0.15, 0.2) is 22.0 Å². The molecule has 1 heterocycles. The summed E-state index contributed by atoms with van der Waals surface area (Å²) in [5, 5.41) is 14.1. The van der Waals surface area contributed by atoms with Gasteiger partial charge in [-0.25, -0.2) is 0 Å². The molecular weight excluding hydrogens is 302 g/mol. The Morgan fingerprint density at radius 3 is 2.88 bits per heavy atom. The molecule has 0 aliphatic rings. The Labute approximate surface area is 114 Å². The number of carbonyl (C=O) groups excluding carboxylic acids is 1. The van der Waals surface area contributed by atoms with Crippen LogP contribution in [0.2, 0.25) is 0 Å². The Morgan fingerprint density at radius 2 is 2.35 bits per heavy atom. The average Bonchev–Trinajstić information content (AvgIpc) is 2.69. The first-order valence-electron chi connectivity index (χ1n) is 5.37. The van der Waals surface area contributed by atoms with E-state index >= 15 is 0 Å². The maximum absolute atomic E-state index is 11.4. The molecule has 1 unspecified atom stereocenters. The molecule has 1 rings (SSSR count). The summed E-state index contributed by atoms with van der Waals surface area (Å²) in [6, 6.07) is 1.94. The monoisotopic (exact) mass is 317 g/mol. The van der Waals surface area contributed by atoms with Gasteiger partial charge in [0.15, 0.2) is 0 Å². The summed E-state index contributed by atoms with van der Waals surface area (Å²) in [7, 11) is 0. The van der Waals surface area contributed by atoms with Gasteiger partial charge < -0.3 is 10.4 Å². The molecule has 0 saturated carbocycles. The number of thiophene rings is 1. The van der Waals surface area contributed by atoms with E-state index in [1.807, 2.05) is 25.3 Å². The molecule has 17 heavy (non-hydrogen) atoms. The van der Waals surface area contributed by atoms with Gasteiger partial charge >= 0.3 is 0 Å². The third-order valence-corrected chi connectivity index (χ3v) is 3.90. The second-order valence-corrected chi connectivity index (χ2v) is 5.92. The van der Waals surface area contributed by atoms with Crippen molar-refractivity contribution in [3.05, 3.63) is 26.9 Å². The van der Waals surface area contributed by atoms with E-state index in [2.05, 4.69) is 21.2 Å². The molecule has 2 N–H and O–H groups in total. The van der Waals surface area contributed by atoms with E-state index in [0.717, 1.165) is 9.35 Å². The van der Waals surface area contributed by atoms with Gasteiger partial charge in [0.25, 0.3) is 0 Å². The molecule has 1 atom stereocenters. The smallest absolute Gasteiger partial charge is 0.244 e. The number of hydrogen-bond acceptors (Lipinski definition) is 3. The molecule has 3 nitrogen and oxygen atoms in total. The van der Waals surface area contributed by atoms with Gasteiger partial charge in [-0.05, 0) is 34.0 Å². The van der Waals surface area contributed by atoms with Crippen molar-refractivity contribution in [2.75, 3.05) is 6.54 Å². The molecule has 0 saturated heterocycles. The summed E-state index contributed by atoms with van der Waals surface area (Å²) in [5.74, 6) is -0.0400. The van der Waals surface area contributed by atoms with Crippen molar-refractivity contribution >= 4 is 39.2 Å². The molecule has 0 fully saturated rings. The minimum Gasteiger partial charge on any atom is -0.391 e. The highest BCUT2D eigenvalue weighted by Crippen LogP contribution is 2.20. The maximum atomic E-state index is 11.4. The highest BCUT2D eigenvalue weighted by molar-refractivity contribution is 9.10. The van der Waals surface area contributed by atoms with E-state index in [1.165, 1.54) is 6.08 Å². The Bertz CT molecular complexity index is 401. The molecule has 5 heteroatoms. The lowest BCUT2D eigenvalue weighted by atomic mass is 10.1. The number of nitrogens with one attached hydrogen (secondary N) is 1. The zero-order valence-electron chi connectivity index (χ0n) is 9.81. The first kappa shape index (κ1) is 14.4. The molecule has 1 aromatic rings.